The number of hydrogen-bond acceptors (Lipinski definition) is 5. The molecule has 0 saturated carbocycles. The number of aromatic nitrogens is 1. The lowest BCUT2D eigenvalue weighted by molar-refractivity contribution is -0.123. The lowest BCUT2D eigenvalue weighted by atomic mass is 10.0. The van der Waals surface area contributed by atoms with E-state index in [4.69, 9.17) is 5.26 Å². The molecule has 1 aromatic carbocycles. The summed E-state index contributed by atoms with van der Waals surface area (Å²) in [5.74, 6) is -0.695. The van der Waals surface area contributed by atoms with Gasteiger partial charge in [-0.3, -0.25) is 9.59 Å². The number of amides is 2. The van der Waals surface area contributed by atoms with Crippen LogP contribution in [0.2, 0.25) is 0 Å². The van der Waals surface area contributed by atoms with E-state index >= 15 is 0 Å². The lowest BCUT2D eigenvalue weighted by Gasteiger charge is -2.19. The molecule has 1 atom stereocenters. The number of fused-ring (bicyclic) bond motifs is 1. The number of benzene rings is 1. The molecular formula is C18H22N4O4S. The van der Waals surface area contributed by atoms with Crippen molar-refractivity contribution in [2.24, 2.45) is 5.92 Å². The Hall–Kier alpha value is -2.86. The number of nitrogens with zero attached hydrogens (tertiary/aromatic N) is 2. The summed E-state index contributed by atoms with van der Waals surface area (Å²) in [5.41, 5.74) is 0.787. The highest BCUT2D eigenvalue weighted by Crippen LogP contribution is 2.19. The summed E-state index contributed by atoms with van der Waals surface area (Å²) in [7, 11) is -3.43. The van der Waals surface area contributed by atoms with Crippen molar-refractivity contribution < 1.29 is 18.0 Å². The molecular weight excluding hydrogens is 368 g/mol. The second kappa shape index (κ2) is 8.22. The molecule has 8 nitrogen and oxygen atoms in total. The van der Waals surface area contributed by atoms with Crippen LogP contribution in [0.4, 0.5) is 0 Å². The molecule has 0 aliphatic heterocycles. The topological polar surface area (TPSA) is 121 Å². The Labute approximate surface area is 158 Å². The normalized spacial score (nSPS) is 12.6. The summed E-state index contributed by atoms with van der Waals surface area (Å²) in [4.78, 5) is 24.8. The first-order valence-electron chi connectivity index (χ1n) is 8.40. The van der Waals surface area contributed by atoms with Crippen LogP contribution < -0.4 is 10.6 Å². The van der Waals surface area contributed by atoms with Gasteiger partial charge in [0.25, 0.3) is 5.91 Å². The summed E-state index contributed by atoms with van der Waals surface area (Å²) in [6, 6.07) is 7.32. The molecule has 144 valence electrons. The lowest BCUT2D eigenvalue weighted by Crippen LogP contribution is -2.47. The van der Waals surface area contributed by atoms with Crippen LogP contribution in [0.25, 0.3) is 10.9 Å². The quantitative estimate of drug-likeness (QED) is 0.689. The SMILES string of the molecule is CC(C)CC(NC(=O)c1ccc2c(ccn2S(C)(=O)=O)c1)C(=O)NCC#N. The van der Waals surface area contributed by atoms with Gasteiger partial charge in [0, 0.05) is 17.1 Å². The number of carbonyl (C=O) groups excluding carboxylic acids is 2. The number of carbonyl (C=O) groups is 2. The van der Waals surface area contributed by atoms with Crippen LogP contribution in [0, 0.1) is 17.2 Å². The second-order valence-corrected chi connectivity index (χ2v) is 8.54. The maximum absolute atomic E-state index is 12.6. The Morgan fingerprint density at radius 2 is 1.96 bits per heavy atom. The molecule has 27 heavy (non-hydrogen) atoms. The average molecular weight is 390 g/mol. The molecule has 0 aliphatic carbocycles. The van der Waals surface area contributed by atoms with E-state index in [0.29, 0.717) is 22.9 Å². The van der Waals surface area contributed by atoms with Gasteiger partial charge in [-0.1, -0.05) is 13.8 Å². The monoisotopic (exact) mass is 390 g/mol. The Morgan fingerprint density at radius 1 is 1.26 bits per heavy atom. The van der Waals surface area contributed by atoms with E-state index in [2.05, 4.69) is 10.6 Å². The number of hydrogen-bond donors (Lipinski definition) is 2. The molecule has 9 heteroatoms. The second-order valence-electron chi connectivity index (χ2n) is 6.68. The van der Waals surface area contributed by atoms with Crippen LogP contribution in [-0.2, 0) is 14.8 Å². The third kappa shape index (κ3) is 5.08. The largest absolute Gasteiger partial charge is 0.341 e. The molecule has 2 amide bonds. The van der Waals surface area contributed by atoms with Crippen molar-refractivity contribution in [1.29, 1.82) is 5.26 Å². The van der Waals surface area contributed by atoms with E-state index in [-0.39, 0.29) is 12.5 Å². The minimum atomic E-state index is -3.43. The maximum Gasteiger partial charge on any atom is 0.251 e. The Morgan fingerprint density at radius 3 is 2.56 bits per heavy atom. The minimum absolute atomic E-state index is 0.131. The molecule has 1 unspecified atom stereocenters. The standard InChI is InChI=1S/C18H22N4O4S/c1-12(2)10-15(18(24)20-8-7-19)21-17(23)14-4-5-16-13(11-14)6-9-22(16)27(3,25)26/h4-6,9,11-12,15H,8,10H2,1-3H3,(H,20,24)(H,21,23). The number of nitriles is 1. The fraction of sp³-hybridized carbons (Fsp3) is 0.389. The van der Waals surface area contributed by atoms with E-state index in [9.17, 15) is 18.0 Å². The van der Waals surface area contributed by atoms with Gasteiger partial charge < -0.3 is 10.6 Å². The molecule has 0 radical (unpaired) electrons. The molecule has 0 aliphatic rings. The van der Waals surface area contributed by atoms with Crippen molar-refractivity contribution in [3.63, 3.8) is 0 Å². The van der Waals surface area contributed by atoms with E-state index in [1.54, 1.807) is 18.2 Å². The third-order valence-corrected chi connectivity index (χ3v) is 4.98. The van der Waals surface area contributed by atoms with E-state index in [0.717, 1.165) is 10.2 Å². The van der Waals surface area contributed by atoms with Gasteiger partial charge in [-0.25, -0.2) is 12.4 Å². The van der Waals surface area contributed by atoms with Crippen molar-refractivity contribution in [3.05, 3.63) is 36.0 Å². The molecule has 0 saturated heterocycles. The highest BCUT2D eigenvalue weighted by Gasteiger charge is 2.22. The van der Waals surface area contributed by atoms with Gasteiger partial charge in [0.05, 0.1) is 17.8 Å². The predicted octanol–water partition coefficient (Wildman–Crippen LogP) is 1.23. The average Bonchev–Trinajstić information content (AvgIpc) is 3.01. The van der Waals surface area contributed by atoms with Crippen LogP contribution >= 0.6 is 0 Å². The highest BCUT2D eigenvalue weighted by atomic mass is 32.2. The van der Waals surface area contributed by atoms with Crippen molar-refractivity contribution in [2.75, 3.05) is 12.8 Å². The third-order valence-electron chi connectivity index (χ3n) is 3.94. The van der Waals surface area contributed by atoms with Gasteiger partial charge in [-0.15, -0.1) is 0 Å². The first kappa shape index (κ1) is 20.5. The Kier molecular flexibility index (Phi) is 6.23. The molecule has 2 N–H and O–H groups in total. The zero-order valence-electron chi connectivity index (χ0n) is 15.4. The molecule has 0 spiro atoms. The van der Waals surface area contributed by atoms with E-state index in [1.165, 1.54) is 12.3 Å². The fourth-order valence-corrected chi connectivity index (χ4v) is 3.55. The zero-order valence-corrected chi connectivity index (χ0v) is 16.2. The summed E-state index contributed by atoms with van der Waals surface area (Å²) in [6.07, 6.45) is 2.96. The first-order valence-corrected chi connectivity index (χ1v) is 10.3. The first-order chi connectivity index (χ1) is 12.6. The summed E-state index contributed by atoms with van der Waals surface area (Å²) < 4.78 is 24.6. The molecule has 0 fully saturated rings. The van der Waals surface area contributed by atoms with Crippen LogP contribution in [-0.4, -0.2) is 43.0 Å². The maximum atomic E-state index is 12.6. The van der Waals surface area contributed by atoms with Crippen LogP contribution in [0.5, 0.6) is 0 Å². The van der Waals surface area contributed by atoms with E-state index in [1.807, 2.05) is 19.9 Å². The minimum Gasteiger partial charge on any atom is -0.341 e. The zero-order chi connectivity index (χ0) is 20.2. The summed E-state index contributed by atoms with van der Waals surface area (Å²) in [6.45, 7) is 3.72. The molecule has 2 aromatic rings. The smallest absolute Gasteiger partial charge is 0.251 e. The number of rotatable bonds is 7. The Balaban J connectivity index is 2.24. The van der Waals surface area contributed by atoms with Crippen LogP contribution in [0.15, 0.2) is 30.5 Å². The van der Waals surface area contributed by atoms with Gasteiger partial charge in [0.1, 0.15) is 12.6 Å². The summed E-state index contributed by atoms with van der Waals surface area (Å²) in [5, 5.41) is 14.4. The molecule has 1 aromatic heterocycles. The molecule has 2 rings (SSSR count). The highest BCUT2D eigenvalue weighted by molar-refractivity contribution is 7.89. The van der Waals surface area contributed by atoms with Crippen molar-refractivity contribution >= 4 is 32.7 Å². The van der Waals surface area contributed by atoms with Crippen molar-refractivity contribution in [3.8, 4) is 6.07 Å². The van der Waals surface area contributed by atoms with Crippen molar-refractivity contribution in [2.45, 2.75) is 26.3 Å². The van der Waals surface area contributed by atoms with E-state index < -0.39 is 27.9 Å². The van der Waals surface area contributed by atoms with Gasteiger partial charge in [-0.2, -0.15) is 5.26 Å². The van der Waals surface area contributed by atoms with Crippen molar-refractivity contribution in [1.82, 2.24) is 14.6 Å². The number of nitrogens with one attached hydrogen (secondary N) is 2. The molecule has 1 heterocycles. The van der Waals surface area contributed by atoms with Gasteiger partial charge in [0.15, 0.2) is 0 Å². The summed E-state index contributed by atoms with van der Waals surface area (Å²) >= 11 is 0. The van der Waals surface area contributed by atoms with Crippen LogP contribution in [0.1, 0.15) is 30.6 Å². The Bertz CT molecular complexity index is 1000. The molecule has 0 bridgehead atoms. The van der Waals surface area contributed by atoms with Gasteiger partial charge in [-0.05, 0) is 36.6 Å². The predicted molar refractivity (Wildman–Crippen MR) is 102 cm³/mol. The van der Waals surface area contributed by atoms with Gasteiger partial charge in [0.2, 0.25) is 15.9 Å². The van der Waals surface area contributed by atoms with Gasteiger partial charge >= 0.3 is 0 Å². The van der Waals surface area contributed by atoms with Crippen LogP contribution in [0.3, 0.4) is 0 Å². The fourth-order valence-electron chi connectivity index (χ4n) is 2.74.